The Kier molecular flexibility index (Phi) is 3.75. The quantitative estimate of drug-likeness (QED) is 0.527. The fourth-order valence-corrected chi connectivity index (χ4v) is 0.951. The Hall–Kier alpha value is -1.73. The van der Waals surface area contributed by atoms with E-state index >= 15 is 0 Å². The van der Waals surface area contributed by atoms with Gasteiger partial charge in [0.2, 0.25) is 0 Å². The number of nitrogens with one attached hydrogen (secondary N) is 1. The van der Waals surface area contributed by atoms with Gasteiger partial charge in [0.05, 0.1) is 18.8 Å². The van der Waals surface area contributed by atoms with E-state index in [1.54, 1.807) is 6.92 Å². The van der Waals surface area contributed by atoms with Crippen molar-refractivity contribution in [1.82, 2.24) is 10.2 Å². The van der Waals surface area contributed by atoms with Crippen LogP contribution in [0.4, 0.5) is 5.82 Å². The van der Waals surface area contributed by atoms with Gasteiger partial charge in [-0.3, -0.25) is 0 Å². The summed E-state index contributed by atoms with van der Waals surface area (Å²) in [5, 5.41) is 36.5. The molecule has 0 saturated heterocycles. The molecule has 1 rings (SSSR count). The highest BCUT2D eigenvalue weighted by Gasteiger charge is 2.22. The van der Waals surface area contributed by atoms with E-state index in [2.05, 4.69) is 15.5 Å². The number of aliphatic hydroxyl groups excluding tert-OH is 2. The molecule has 88 valence electrons. The van der Waals surface area contributed by atoms with E-state index in [4.69, 9.17) is 15.3 Å². The lowest BCUT2D eigenvalue weighted by Crippen LogP contribution is -2.42. The van der Waals surface area contributed by atoms with Gasteiger partial charge in [0.1, 0.15) is 5.82 Å². The minimum Gasteiger partial charge on any atom is -0.476 e. The summed E-state index contributed by atoms with van der Waals surface area (Å²) in [6.07, 6.45) is 0. The summed E-state index contributed by atoms with van der Waals surface area (Å²) in [4.78, 5) is 10.5. The van der Waals surface area contributed by atoms with Crippen LogP contribution < -0.4 is 5.32 Å². The Morgan fingerprint density at radius 3 is 2.38 bits per heavy atom. The highest BCUT2D eigenvalue weighted by molar-refractivity contribution is 5.85. The van der Waals surface area contributed by atoms with Crippen LogP contribution in [0.5, 0.6) is 0 Å². The molecule has 0 aliphatic heterocycles. The number of carbonyl (C=O) groups is 1. The van der Waals surface area contributed by atoms with Crippen molar-refractivity contribution >= 4 is 11.8 Å². The van der Waals surface area contributed by atoms with Crippen molar-refractivity contribution in [1.29, 1.82) is 0 Å². The summed E-state index contributed by atoms with van der Waals surface area (Å²) in [5.41, 5.74) is -1.08. The number of nitrogens with zero attached hydrogens (tertiary/aromatic N) is 2. The molecular weight excluding hydrogens is 214 g/mol. The Labute approximate surface area is 91.8 Å². The SMILES string of the molecule is CC(CO)(CO)Nc1ccc(C(=O)O)nn1. The van der Waals surface area contributed by atoms with Gasteiger partial charge >= 0.3 is 5.97 Å². The minimum atomic E-state index is -1.16. The van der Waals surface area contributed by atoms with Gasteiger partial charge in [-0.2, -0.15) is 0 Å². The largest absolute Gasteiger partial charge is 0.476 e. The summed E-state index contributed by atoms with van der Waals surface area (Å²) >= 11 is 0. The number of aromatic carboxylic acids is 1. The summed E-state index contributed by atoms with van der Waals surface area (Å²) in [6.45, 7) is 1.03. The van der Waals surface area contributed by atoms with Crippen LogP contribution in [0.25, 0.3) is 0 Å². The van der Waals surface area contributed by atoms with Crippen LogP contribution in [-0.4, -0.2) is 50.2 Å². The van der Waals surface area contributed by atoms with Crippen molar-refractivity contribution in [2.45, 2.75) is 12.5 Å². The molecule has 0 radical (unpaired) electrons. The Balaban J connectivity index is 2.79. The third-order valence-electron chi connectivity index (χ3n) is 2.01. The van der Waals surface area contributed by atoms with Crippen molar-refractivity contribution in [3.63, 3.8) is 0 Å². The molecule has 0 saturated carbocycles. The van der Waals surface area contributed by atoms with Crippen molar-refractivity contribution in [2.75, 3.05) is 18.5 Å². The molecular formula is C9H13N3O4. The maximum Gasteiger partial charge on any atom is 0.356 e. The molecule has 16 heavy (non-hydrogen) atoms. The van der Waals surface area contributed by atoms with Crippen molar-refractivity contribution < 1.29 is 20.1 Å². The van der Waals surface area contributed by atoms with Gasteiger partial charge < -0.3 is 20.6 Å². The lowest BCUT2D eigenvalue weighted by atomic mass is 10.1. The maximum atomic E-state index is 10.5. The van der Waals surface area contributed by atoms with E-state index in [9.17, 15) is 4.79 Å². The number of carboxylic acids is 1. The van der Waals surface area contributed by atoms with Crippen LogP contribution in [0.2, 0.25) is 0 Å². The highest BCUT2D eigenvalue weighted by Crippen LogP contribution is 2.11. The zero-order valence-electron chi connectivity index (χ0n) is 8.71. The lowest BCUT2D eigenvalue weighted by Gasteiger charge is -2.26. The molecule has 0 amide bonds. The number of hydrogen-bond acceptors (Lipinski definition) is 6. The molecule has 0 spiro atoms. The third-order valence-corrected chi connectivity index (χ3v) is 2.01. The van der Waals surface area contributed by atoms with Gasteiger partial charge in [0.25, 0.3) is 0 Å². The minimum absolute atomic E-state index is 0.166. The first kappa shape index (κ1) is 12.3. The van der Waals surface area contributed by atoms with Crippen molar-refractivity contribution in [3.05, 3.63) is 17.8 Å². The average Bonchev–Trinajstić information content (AvgIpc) is 2.29. The molecule has 0 bridgehead atoms. The summed E-state index contributed by atoms with van der Waals surface area (Å²) in [6, 6.07) is 2.70. The summed E-state index contributed by atoms with van der Waals surface area (Å²) < 4.78 is 0. The fourth-order valence-electron chi connectivity index (χ4n) is 0.951. The normalized spacial score (nSPS) is 11.2. The van der Waals surface area contributed by atoms with E-state index in [0.717, 1.165) is 0 Å². The molecule has 0 atom stereocenters. The van der Waals surface area contributed by atoms with Gasteiger partial charge in [-0.15, -0.1) is 10.2 Å². The number of anilines is 1. The fraction of sp³-hybridized carbons (Fsp3) is 0.444. The molecule has 4 N–H and O–H groups in total. The van der Waals surface area contributed by atoms with Crippen LogP contribution >= 0.6 is 0 Å². The van der Waals surface area contributed by atoms with Gasteiger partial charge in [-0.1, -0.05) is 0 Å². The smallest absolute Gasteiger partial charge is 0.356 e. The van der Waals surface area contributed by atoms with E-state index in [-0.39, 0.29) is 24.7 Å². The molecule has 0 fully saturated rings. The zero-order valence-corrected chi connectivity index (χ0v) is 8.71. The standard InChI is InChI=1S/C9H13N3O4/c1-9(4-13,5-14)10-7-3-2-6(8(15)16)11-12-7/h2-3,13-14H,4-5H2,1H3,(H,10,12)(H,15,16). The Morgan fingerprint density at radius 2 is 2.00 bits per heavy atom. The topological polar surface area (TPSA) is 116 Å². The number of aromatic nitrogens is 2. The first-order chi connectivity index (χ1) is 7.50. The van der Waals surface area contributed by atoms with Crippen molar-refractivity contribution in [2.24, 2.45) is 0 Å². The lowest BCUT2D eigenvalue weighted by molar-refractivity contribution is 0.0689. The molecule has 0 unspecified atom stereocenters. The monoisotopic (exact) mass is 227 g/mol. The van der Waals surface area contributed by atoms with Gasteiger partial charge in [-0.05, 0) is 19.1 Å². The molecule has 1 aromatic rings. The number of carboxylic acid groups (broad SMARTS) is 1. The molecule has 1 aromatic heterocycles. The summed E-state index contributed by atoms with van der Waals surface area (Å²) in [7, 11) is 0. The second kappa shape index (κ2) is 4.86. The molecule has 0 aromatic carbocycles. The molecule has 0 aliphatic rings. The maximum absolute atomic E-state index is 10.5. The third kappa shape index (κ3) is 2.88. The van der Waals surface area contributed by atoms with Crippen LogP contribution in [0.1, 0.15) is 17.4 Å². The highest BCUT2D eigenvalue weighted by atomic mass is 16.4. The number of hydrogen-bond donors (Lipinski definition) is 4. The second-order valence-corrected chi connectivity index (χ2v) is 3.61. The van der Waals surface area contributed by atoms with E-state index in [1.807, 2.05) is 0 Å². The van der Waals surface area contributed by atoms with Crippen LogP contribution in [-0.2, 0) is 0 Å². The van der Waals surface area contributed by atoms with Crippen LogP contribution in [0.15, 0.2) is 12.1 Å². The van der Waals surface area contributed by atoms with Crippen molar-refractivity contribution in [3.8, 4) is 0 Å². The van der Waals surface area contributed by atoms with Crippen LogP contribution in [0, 0.1) is 0 Å². The predicted octanol–water partition coefficient (Wildman–Crippen LogP) is -0.670. The van der Waals surface area contributed by atoms with Crippen LogP contribution in [0.3, 0.4) is 0 Å². The zero-order chi connectivity index (χ0) is 12.2. The Bertz CT molecular complexity index is 362. The molecule has 0 aliphatic carbocycles. The molecule has 7 nitrogen and oxygen atoms in total. The first-order valence-corrected chi connectivity index (χ1v) is 4.58. The van der Waals surface area contributed by atoms with Gasteiger partial charge in [-0.25, -0.2) is 4.79 Å². The van der Waals surface area contributed by atoms with E-state index < -0.39 is 11.5 Å². The van der Waals surface area contributed by atoms with E-state index in [1.165, 1.54) is 12.1 Å². The summed E-state index contributed by atoms with van der Waals surface area (Å²) in [5.74, 6) is -0.873. The molecule has 1 heterocycles. The van der Waals surface area contributed by atoms with E-state index in [0.29, 0.717) is 0 Å². The Morgan fingerprint density at radius 1 is 1.38 bits per heavy atom. The number of rotatable bonds is 5. The first-order valence-electron chi connectivity index (χ1n) is 4.58. The predicted molar refractivity (Wildman–Crippen MR) is 55.2 cm³/mol. The molecule has 7 heteroatoms. The average molecular weight is 227 g/mol. The number of aliphatic hydroxyl groups is 2. The van der Waals surface area contributed by atoms with Gasteiger partial charge in [0, 0.05) is 0 Å². The second-order valence-electron chi connectivity index (χ2n) is 3.61. The van der Waals surface area contributed by atoms with Gasteiger partial charge in [0.15, 0.2) is 5.69 Å².